The van der Waals surface area contributed by atoms with Crippen LogP contribution in [-0.4, -0.2) is 28.9 Å². The molecule has 108 valence electrons. The van der Waals surface area contributed by atoms with Gasteiger partial charge >= 0.3 is 0 Å². The van der Waals surface area contributed by atoms with Crippen LogP contribution in [0.2, 0.25) is 0 Å². The predicted octanol–water partition coefficient (Wildman–Crippen LogP) is 1.90. The number of aromatic nitrogens is 1. The minimum Gasteiger partial charge on any atom is -0.364 e. The van der Waals surface area contributed by atoms with Crippen molar-refractivity contribution in [3.05, 3.63) is 28.6 Å². The van der Waals surface area contributed by atoms with Gasteiger partial charge in [-0.25, -0.2) is 4.98 Å². The van der Waals surface area contributed by atoms with E-state index >= 15 is 0 Å². The molecule has 1 aliphatic carbocycles. The van der Waals surface area contributed by atoms with E-state index in [1.807, 2.05) is 6.07 Å². The van der Waals surface area contributed by atoms with Crippen LogP contribution < -0.4 is 5.73 Å². The van der Waals surface area contributed by atoms with Crippen molar-refractivity contribution in [3.8, 4) is 0 Å². The van der Waals surface area contributed by atoms with E-state index in [2.05, 4.69) is 16.8 Å². The number of rotatable bonds is 3. The lowest BCUT2D eigenvalue weighted by atomic mass is 9.98. The summed E-state index contributed by atoms with van der Waals surface area (Å²) in [6.45, 7) is 5.57. The van der Waals surface area contributed by atoms with Gasteiger partial charge < -0.3 is 5.73 Å². The van der Waals surface area contributed by atoms with Gasteiger partial charge in [-0.1, -0.05) is 6.92 Å². The average molecular weight is 273 g/mol. The lowest BCUT2D eigenvalue weighted by Gasteiger charge is -2.31. The summed E-state index contributed by atoms with van der Waals surface area (Å²) < 4.78 is 0. The molecule has 1 fully saturated rings. The summed E-state index contributed by atoms with van der Waals surface area (Å²) in [6, 6.07) is 1.92. The molecule has 2 aliphatic rings. The molecule has 0 aromatic carbocycles. The number of piperidine rings is 1. The molecule has 2 heterocycles. The van der Waals surface area contributed by atoms with Crippen molar-refractivity contribution < 1.29 is 4.79 Å². The molecule has 1 aromatic rings. The third kappa shape index (κ3) is 2.70. The van der Waals surface area contributed by atoms with Crippen LogP contribution in [-0.2, 0) is 19.4 Å². The monoisotopic (exact) mass is 273 g/mol. The van der Waals surface area contributed by atoms with E-state index in [1.165, 1.54) is 24.0 Å². The molecule has 1 aliphatic heterocycles. The number of pyridine rings is 1. The van der Waals surface area contributed by atoms with Crippen LogP contribution in [0.5, 0.6) is 0 Å². The Morgan fingerprint density at radius 1 is 1.45 bits per heavy atom. The van der Waals surface area contributed by atoms with Crippen LogP contribution in [0.1, 0.15) is 53.5 Å². The van der Waals surface area contributed by atoms with Gasteiger partial charge in [0.2, 0.25) is 0 Å². The van der Waals surface area contributed by atoms with Crippen LogP contribution in [0.3, 0.4) is 0 Å². The lowest BCUT2D eigenvalue weighted by molar-refractivity contribution is 0.0995. The first-order chi connectivity index (χ1) is 9.63. The highest BCUT2D eigenvalue weighted by Gasteiger charge is 2.22. The number of nitrogens with two attached hydrogens (primary N) is 1. The Morgan fingerprint density at radius 3 is 3.05 bits per heavy atom. The maximum Gasteiger partial charge on any atom is 0.267 e. The zero-order valence-electron chi connectivity index (χ0n) is 12.2. The number of amides is 1. The van der Waals surface area contributed by atoms with Crippen molar-refractivity contribution in [1.82, 2.24) is 9.88 Å². The molecular weight excluding hydrogens is 250 g/mol. The van der Waals surface area contributed by atoms with Crippen molar-refractivity contribution in [2.24, 2.45) is 11.7 Å². The Bertz CT molecular complexity index is 527. The van der Waals surface area contributed by atoms with Crippen molar-refractivity contribution in [2.75, 3.05) is 13.1 Å². The fraction of sp³-hybridized carbons (Fsp3) is 0.625. The molecule has 4 nitrogen and oxygen atoms in total. The van der Waals surface area contributed by atoms with Gasteiger partial charge in [0.15, 0.2) is 0 Å². The topological polar surface area (TPSA) is 59.2 Å². The first-order valence-corrected chi connectivity index (χ1v) is 7.67. The Morgan fingerprint density at radius 2 is 2.30 bits per heavy atom. The summed E-state index contributed by atoms with van der Waals surface area (Å²) in [5.41, 5.74) is 9.59. The maximum absolute atomic E-state index is 11.4. The number of primary amides is 1. The highest BCUT2D eigenvalue weighted by atomic mass is 16.1. The number of likely N-dealkylation sites (tertiary alicyclic amines) is 1. The Labute approximate surface area is 120 Å². The molecule has 1 atom stereocenters. The first-order valence-electron chi connectivity index (χ1n) is 7.67. The quantitative estimate of drug-likeness (QED) is 0.915. The Balaban J connectivity index is 1.86. The summed E-state index contributed by atoms with van der Waals surface area (Å²) in [4.78, 5) is 18.4. The number of carbonyl (C=O) groups excluding carboxylic acids is 1. The summed E-state index contributed by atoms with van der Waals surface area (Å²) >= 11 is 0. The van der Waals surface area contributed by atoms with Crippen molar-refractivity contribution >= 4 is 5.91 Å². The normalized spacial score (nSPS) is 22.8. The minimum atomic E-state index is -0.409. The standard InChI is InChI=1S/C16H23N3O/c1-11-4-3-7-19(9-11)10-12-8-15(16(17)20)18-14-6-2-5-13(12)14/h8,11H,2-7,9-10H2,1H3,(H2,17,20). The van der Waals surface area contributed by atoms with Crippen LogP contribution in [0, 0.1) is 5.92 Å². The summed E-state index contributed by atoms with van der Waals surface area (Å²) in [6.07, 6.45) is 5.84. The Hall–Kier alpha value is -1.42. The zero-order valence-corrected chi connectivity index (χ0v) is 12.2. The molecular formula is C16H23N3O. The molecule has 0 bridgehead atoms. The number of aryl methyl sites for hydroxylation is 1. The van der Waals surface area contributed by atoms with Gasteiger partial charge in [-0.05, 0) is 61.8 Å². The summed E-state index contributed by atoms with van der Waals surface area (Å²) in [5, 5.41) is 0. The van der Waals surface area contributed by atoms with Crippen molar-refractivity contribution in [2.45, 2.75) is 45.6 Å². The second kappa shape index (κ2) is 5.52. The SMILES string of the molecule is CC1CCCN(Cc2cc(C(N)=O)nc3c2CCC3)C1. The second-order valence-electron chi connectivity index (χ2n) is 6.29. The third-order valence-corrected chi connectivity index (χ3v) is 4.53. The van der Waals surface area contributed by atoms with Gasteiger partial charge in [0.05, 0.1) is 0 Å². The van der Waals surface area contributed by atoms with E-state index in [1.54, 1.807) is 0 Å². The molecule has 20 heavy (non-hydrogen) atoms. The third-order valence-electron chi connectivity index (χ3n) is 4.53. The van der Waals surface area contributed by atoms with Gasteiger partial charge in [-0.2, -0.15) is 0 Å². The van der Waals surface area contributed by atoms with E-state index in [-0.39, 0.29) is 0 Å². The van der Waals surface area contributed by atoms with Gasteiger partial charge in [0, 0.05) is 18.8 Å². The number of fused-ring (bicyclic) bond motifs is 1. The molecule has 3 rings (SSSR count). The molecule has 4 heteroatoms. The van der Waals surface area contributed by atoms with Crippen LogP contribution in [0.15, 0.2) is 6.07 Å². The van der Waals surface area contributed by atoms with E-state index in [4.69, 9.17) is 5.73 Å². The minimum absolute atomic E-state index is 0.409. The fourth-order valence-electron chi connectivity index (χ4n) is 3.57. The molecule has 0 radical (unpaired) electrons. The fourth-order valence-corrected chi connectivity index (χ4v) is 3.57. The van der Waals surface area contributed by atoms with Gasteiger partial charge in [-0.15, -0.1) is 0 Å². The maximum atomic E-state index is 11.4. The second-order valence-corrected chi connectivity index (χ2v) is 6.29. The lowest BCUT2D eigenvalue weighted by Crippen LogP contribution is -2.34. The highest BCUT2D eigenvalue weighted by Crippen LogP contribution is 2.27. The van der Waals surface area contributed by atoms with Crippen LogP contribution >= 0.6 is 0 Å². The Kier molecular flexibility index (Phi) is 3.74. The van der Waals surface area contributed by atoms with Gasteiger partial charge in [0.25, 0.3) is 5.91 Å². The summed E-state index contributed by atoms with van der Waals surface area (Å²) in [7, 11) is 0. The number of hydrogen-bond donors (Lipinski definition) is 1. The number of nitrogens with zero attached hydrogens (tertiary/aromatic N) is 2. The average Bonchev–Trinajstić information content (AvgIpc) is 2.87. The molecule has 0 saturated carbocycles. The largest absolute Gasteiger partial charge is 0.364 e. The van der Waals surface area contributed by atoms with Crippen molar-refractivity contribution in [3.63, 3.8) is 0 Å². The molecule has 1 saturated heterocycles. The van der Waals surface area contributed by atoms with Crippen molar-refractivity contribution in [1.29, 1.82) is 0 Å². The molecule has 1 amide bonds. The first kappa shape index (κ1) is 13.6. The van der Waals surface area contributed by atoms with E-state index in [9.17, 15) is 4.79 Å². The number of carbonyl (C=O) groups is 1. The molecule has 2 N–H and O–H groups in total. The zero-order chi connectivity index (χ0) is 14.1. The van der Waals surface area contributed by atoms with E-state index in [0.29, 0.717) is 5.69 Å². The van der Waals surface area contributed by atoms with E-state index < -0.39 is 5.91 Å². The van der Waals surface area contributed by atoms with Crippen LogP contribution in [0.25, 0.3) is 0 Å². The van der Waals surface area contributed by atoms with Crippen LogP contribution in [0.4, 0.5) is 0 Å². The molecule has 1 unspecified atom stereocenters. The van der Waals surface area contributed by atoms with Gasteiger partial charge in [0.1, 0.15) is 5.69 Å². The molecule has 1 aromatic heterocycles. The smallest absolute Gasteiger partial charge is 0.267 e. The predicted molar refractivity (Wildman–Crippen MR) is 78.5 cm³/mol. The molecule has 0 spiro atoms. The highest BCUT2D eigenvalue weighted by molar-refractivity contribution is 5.91. The summed E-state index contributed by atoms with van der Waals surface area (Å²) in [5.74, 6) is 0.363. The van der Waals surface area contributed by atoms with E-state index in [0.717, 1.165) is 50.5 Å². The number of hydrogen-bond acceptors (Lipinski definition) is 3. The van der Waals surface area contributed by atoms with Gasteiger partial charge in [-0.3, -0.25) is 9.69 Å².